The van der Waals surface area contributed by atoms with Crippen molar-refractivity contribution in [3.63, 3.8) is 0 Å². The smallest absolute Gasteiger partial charge is 0.226 e. The molecular weight excluding hydrogens is 418 g/mol. The number of piperidine rings is 1. The summed E-state index contributed by atoms with van der Waals surface area (Å²) in [6.07, 6.45) is 3.20. The van der Waals surface area contributed by atoms with Gasteiger partial charge in [-0.25, -0.2) is 21.9 Å². The minimum absolute atomic E-state index is 0.0108. The van der Waals surface area contributed by atoms with E-state index < -0.39 is 21.7 Å². The summed E-state index contributed by atoms with van der Waals surface area (Å²) in [5.41, 5.74) is 0.471. The van der Waals surface area contributed by atoms with Gasteiger partial charge >= 0.3 is 0 Å². The van der Waals surface area contributed by atoms with Crippen molar-refractivity contribution in [3.05, 3.63) is 46.2 Å². The molecule has 2 heterocycles. The van der Waals surface area contributed by atoms with Crippen molar-refractivity contribution >= 4 is 27.3 Å². The van der Waals surface area contributed by atoms with Gasteiger partial charge in [-0.05, 0) is 42.8 Å². The SMILES string of the molecule is CS(=O)(=O)NC1CCCN(C(=O)C2CC2c2sccc2-c2c(F)cccc2F)C1. The first-order chi connectivity index (χ1) is 13.7. The molecule has 0 bridgehead atoms. The lowest BCUT2D eigenvalue weighted by Crippen LogP contribution is -2.49. The standard InChI is InChI=1S/C20H22F2N2O3S2/c1-29(26,27)23-12-4-3-8-24(11-12)20(25)15-10-14(15)19-13(7-9-28-19)18-16(21)5-2-6-17(18)22/h2,5-7,9,12,14-15,23H,3-4,8,10-11H2,1H3. The van der Waals surface area contributed by atoms with E-state index in [1.165, 1.54) is 29.5 Å². The van der Waals surface area contributed by atoms with Gasteiger partial charge in [0, 0.05) is 41.4 Å². The van der Waals surface area contributed by atoms with Crippen LogP contribution in [0.1, 0.15) is 30.1 Å². The number of rotatable bonds is 5. The molecule has 1 aliphatic carbocycles. The van der Waals surface area contributed by atoms with Crippen LogP contribution in [0.25, 0.3) is 11.1 Å². The normalized spacial score (nSPS) is 24.5. The number of amides is 1. The van der Waals surface area contributed by atoms with E-state index in [4.69, 9.17) is 0 Å². The number of likely N-dealkylation sites (tertiary alicyclic amines) is 1. The van der Waals surface area contributed by atoms with Crippen LogP contribution in [0.4, 0.5) is 8.78 Å². The van der Waals surface area contributed by atoms with E-state index in [0.29, 0.717) is 31.5 Å². The number of benzene rings is 1. The Balaban J connectivity index is 1.48. The number of carbonyl (C=O) groups excluding carboxylic acids is 1. The number of hydrogen-bond acceptors (Lipinski definition) is 4. The van der Waals surface area contributed by atoms with E-state index in [0.717, 1.165) is 17.6 Å². The van der Waals surface area contributed by atoms with Crippen LogP contribution in [-0.2, 0) is 14.8 Å². The number of nitrogens with zero attached hydrogens (tertiary/aromatic N) is 1. The molecule has 156 valence electrons. The first-order valence-corrected chi connectivity index (χ1v) is 12.3. The number of hydrogen-bond donors (Lipinski definition) is 1. The molecule has 0 spiro atoms. The molecule has 1 N–H and O–H groups in total. The molecule has 2 fully saturated rings. The van der Waals surface area contributed by atoms with Crippen molar-refractivity contribution in [2.24, 2.45) is 5.92 Å². The summed E-state index contributed by atoms with van der Waals surface area (Å²) in [6, 6.07) is 5.23. The van der Waals surface area contributed by atoms with Gasteiger partial charge in [-0.15, -0.1) is 11.3 Å². The van der Waals surface area contributed by atoms with Crippen molar-refractivity contribution in [1.29, 1.82) is 0 Å². The lowest BCUT2D eigenvalue weighted by atomic mass is 10.0. The van der Waals surface area contributed by atoms with Crippen LogP contribution in [0, 0.1) is 17.6 Å². The van der Waals surface area contributed by atoms with Gasteiger partial charge in [0.1, 0.15) is 11.6 Å². The summed E-state index contributed by atoms with van der Waals surface area (Å²) in [7, 11) is -3.33. The van der Waals surface area contributed by atoms with Gasteiger partial charge in [0.25, 0.3) is 0 Å². The number of halogens is 2. The first kappa shape index (κ1) is 20.4. The summed E-state index contributed by atoms with van der Waals surface area (Å²) < 4.78 is 54.0. The van der Waals surface area contributed by atoms with Crippen LogP contribution in [0.2, 0.25) is 0 Å². The highest BCUT2D eigenvalue weighted by Gasteiger charge is 2.48. The minimum Gasteiger partial charge on any atom is -0.341 e. The Hall–Kier alpha value is -1.84. The maximum absolute atomic E-state index is 14.2. The molecule has 1 saturated heterocycles. The van der Waals surface area contributed by atoms with E-state index in [1.54, 1.807) is 16.3 Å². The summed E-state index contributed by atoms with van der Waals surface area (Å²) in [5, 5.41) is 1.79. The molecule has 3 unspecified atom stereocenters. The molecule has 1 amide bonds. The zero-order chi connectivity index (χ0) is 20.8. The number of thiophene rings is 1. The van der Waals surface area contributed by atoms with E-state index in [2.05, 4.69) is 4.72 Å². The second-order valence-corrected chi connectivity index (χ2v) is 10.5. The van der Waals surface area contributed by atoms with E-state index in [-0.39, 0.29) is 29.3 Å². The summed E-state index contributed by atoms with van der Waals surface area (Å²) >= 11 is 1.41. The highest BCUT2D eigenvalue weighted by atomic mass is 32.2. The number of sulfonamides is 1. The fraction of sp³-hybridized carbons (Fsp3) is 0.450. The molecule has 0 radical (unpaired) electrons. The van der Waals surface area contributed by atoms with Crippen LogP contribution >= 0.6 is 11.3 Å². The predicted octanol–water partition coefficient (Wildman–Crippen LogP) is 3.34. The van der Waals surface area contributed by atoms with Gasteiger partial charge in [-0.2, -0.15) is 0 Å². The van der Waals surface area contributed by atoms with Gasteiger partial charge in [0.05, 0.1) is 11.8 Å². The molecule has 1 aromatic heterocycles. The van der Waals surface area contributed by atoms with E-state index in [9.17, 15) is 22.0 Å². The average molecular weight is 441 g/mol. The Morgan fingerprint density at radius 2 is 1.97 bits per heavy atom. The Labute approximate surface area is 172 Å². The second kappa shape index (κ2) is 7.77. The highest BCUT2D eigenvalue weighted by molar-refractivity contribution is 7.88. The molecule has 1 aromatic carbocycles. The maximum Gasteiger partial charge on any atom is 0.226 e. The zero-order valence-electron chi connectivity index (χ0n) is 15.9. The van der Waals surface area contributed by atoms with Crippen molar-refractivity contribution in [2.75, 3.05) is 19.3 Å². The second-order valence-electron chi connectivity index (χ2n) is 7.76. The minimum atomic E-state index is -3.33. The summed E-state index contributed by atoms with van der Waals surface area (Å²) in [5.74, 6) is -1.51. The molecule has 1 saturated carbocycles. The van der Waals surface area contributed by atoms with Crippen molar-refractivity contribution < 1.29 is 22.0 Å². The van der Waals surface area contributed by atoms with E-state index >= 15 is 0 Å². The number of nitrogens with one attached hydrogen (secondary N) is 1. The van der Waals surface area contributed by atoms with Crippen LogP contribution in [0.3, 0.4) is 0 Å². The van der Waals surface area contributed by atoms with Crippen LogP contribution in [-0.4, -0.2) is 44.6 Å². The molecule has 5 nitrogen and oxygen atoms in total. The van der Waals surface area contributed by atoms with Gasteiger partial charge in [-0.1, -0.05) is 6.07 Å². The van der Waals surface area contributed by atoms with Crippen molar-refractivity contribution in [1.82, 2.24) is 9.62 Å². The Kier molecular flexibility index (Phi) is 5.48. The predicted molar refractivity (Wildman–Crippen MR) is 108 cm³/mol. The summed E-state index contributed by atoms with van der Waals surface area (Å²) in [6.45, 7) is 0.956. The third-order valence-electron chi connectivity index (χ3n) is 5.49. The molecule has 3 atom stereocenters. The van der Waals surface area contributed by atoms with E-state index in [1.807, 2.05) is 0 Å². The third-order valence-corrected chi connectivity index (χ3v) is 7.30. The lowest BCUT2D eigenvalue weighted by molar-refractivity contribution is -0.133. The first-order valence-electron chi connectivity index (χ1n) is 9.52. The summed E-state index contributed by atoms with van der Waals surface area (Å²) in [4.78, 5) is 15.5. The van der Waals surface area contributed by atoms with Gasteiger partial charge in [-0.3, -0.25) is 4.79 Å². The third kappa shape index (κ3) is 4.36. The monoisotopic (exact) mass is 440 g/mol. The molecule has 9 heteroatoms. The Morgan fingerprint density at radius 1 is 1.24 bits per heavy atom. The molecule has 29 heavy (non-hydrogen) atoms. The zero-order valence-corrected chi connectivity index (χ0v) is 17.5. The van der Waals surface area contributed by atoms with Crippen LogP contribution < -0.4 is 4.72 Å². The number of carbonyl (C=O) groups is 1. The molecule has 1 aliphatic heterocycles. The quantitative estimate of drug-likeness (QED) is 0.776. The topological polar surface area (TPSA) is 66.5 Å². The molecule has 2 aliphatic rings. The highest BCUT2D eigenvalue weighted by Crippen LogP contribution is 2.53. The van der Waals surface area contributed by atoms with Crippen molar-refractivity contribution in [2.45, 2.75) is 31.2 Å². The molecular formula is C20H22F2N2O3S2. The maximum atomic E-state index is 14.2. The fourth-order valence-corrected chi connectivity index (χ4v) is 6.02. The lowest BCUT2D eigenvalue weighted by Gasteiger charge is -2.33. The molecule has 4 rings (SSSR count). The average Bonchev–Trinajstić information content (AvgIpc) is 3.29. The van der Waals surface area contributed by atoms with Crippen molar-refractivity contribution in [3.8, 4) is 11.1 Å². The molecule has 2 aromatic rings. The fourth-order valence-electron chi connectivity index (χ4n) is 4.14. The van der Waals surface area contributed by atoms with Gasteiger partial charge in [0.15, 0.2) is 0 Å². The largest absolute Gasteiger partial charge is 0.341 e. The Bertz CT molecular complexity index is 1020. The van der Waals surface area contributed by atoms with Gasteiger partial charge in [0.2, 0.25) is 15.9 Å². The van der Waals surface area contributed by atoms with Crippen LogP contribution in [0.15, 0.2) is 29.6 Å². The Morgan fingerprint density at radius 3 is 2.66 bits per heavy atom. The van der Waals surface area contributed by atoms with Crippen LogP contribution in [0.5, 0.6) is 0 Å². The van der Waals surface area contributed by atoms with Gasteiger partial charge < -0.3 is 4.90 Å².